The molecule has 6 heteroatoms. The van der Waals surface area contributed by atoms with Gasteiger partial charge in [0.2, 0.25) is 0 Å². The molecule has 0 radical (unpaired) electrons. The van der Waals surface area contributed by atoms with Gasteiger partial charge in [0, 0.05) is 35.6 Å². The smallest absolute Gasteiger partial charge is 0.115 e. The highest BCUT2D eigenvalue weighted by Crippen LogP contribution is 2.21. The highest BCUT2D eigenvalue weighted by atomic mass is 35.5. The number of halogens is 2. The van der Waals surface area contributed by atoms with Gasteiger partial charge in [-0.3, -0.25) is 4.90 Å². The summed E-state index contributed by atoms with van der Waals surface area (Å²) in [5.74, 6) is 0.897. The van der Waals surface area contributed by atoms with Gasteiger partial charge in [0.05, 0.1) is 5.76 Å². The van der Waals surface area contributed by atoms with E-state index in [1.807, 2.05) is 24.3 Å². The molecule has 2 aliphatic rings. The molecule has 0 spiro atoms. The summed E-state index contributed by atoms with van der Waals surface area (Å²) < 4.78 is 5.68. The zero-order valence-electron chi connectivity index (χ0n) is 15.5. The molecule has 1 aromatic rings. The van der Waals surface area contributed by atoms with Crippen molar-refractivity contribution in [3.8, 4) is 0 Å². The molecule has 148 valence electrons. The van der Waals surface area contributed by atoms with Crippen LogP contribution in [0.4, 0.5) is 0 Å². The van der Waals surface area contributed by atoms with Crippen molar-refractivity contribution in [3.63, 3.8) is 0 Å². The fraction of sp³-hybridized carbons (Fsp3) is 0.524. The van der Waals surface area contributed by atoms with Crippen LogP contribution in [0, 0.1) is 0 Å². The molecule has 27 heavy (non-hydrogen) atoms. The van der Waals surface area contributed by atoms with E-state index in [9.17, 15) is 5.11 Å². The van der Waals surface area contributed by atoms with Gasteiger partial charge in [0.1, 0.15) is 12.7 Å². The topological polar surface area (TPSA) is 44.7 Å². The number of piperidine rings is 1. The SMILES string of the molecule is O[C@@H](CNC1CCN(Cc2ccc(Cl)cc2)CC1)COC1=CC=C(Cl)CC1. The van der Waals surface area contributed by atoms with Crippen molar-refractivity contribution >= 4 is 23.2 Å². The summed E-state index contributed by atoms with van der Waals surface area (Å²) in [7, 11) is 0. The molecule has 1 atom stereocenters. The Bertz CT molecular complexity index is 653. The van der Waals surface area contributed by atoms with Crippen molar-refractivity contribution in [1.82, 2.24) is 10.2 Å². The average molecular weight is 411 g/mol. The first-order chi connectivity index (χ1) is 13.1. The van der Waals surface area contributed by atoms with E-state index in [2.05, 4.69) is 22.3 Å². The van der Waals surface area contributed by atoms with Crippen LogP contribution in [0.15, 0.2) is 47.2 Å². The van der Waals surface area contributed by atoms with Crippen molar-refractivity contribution < 1.29 is 9.84 Å². The molecule has 2 N–H and O–H groups in total. The Morgan fingerprint density at radius 1 is 1.11 bits per heavy atom. The Balaban J connectivity index is 1.30. The lowest BCUT2D eigenvalue weighted by atomic mass is 10.0. The lowest BCUT2D eigenvalue weighted by Crippen LogP contribution is -2.44. The molecule has 0 aromatic heterocycles. The van der Waals surface area contributed by atoms with E-state index in [0.717, 1.165) is 61.1 Å². The van der Waals surface area contributed by atoms with Gasteiger partial charge in [-0.2, -0.15) is 0 Å². The largest absolute Gasteiger partial charge is 0.495 e. The Hall–Kier alpha value is -1.04. The summed E-state index contributed by atoms with van der Waals surface area (Å²) in [5.41, 5.74) is 1.30. The van der Waals surface area contributed by atoms with Gasteiger partial charge >= 0.3 is 0 Å². The van der Waals surface area contributed by atoms with E-state index in [-0.39, 0.29) is 0 Å². The number of aliphatic hydroxyl groups excluding tert-OH is 1. The van der Waals surface area contributed by atoms with Crippen LogP contribution in [0.2, 0.25) is 5.02 Å². The number of hydrogen-bond donors (Lipinski definition) is 2. The molecule has 3 rings (SSSR count). The maximum Gasteiger partial charge on any atom is 0.115 e. The predicted molar refractivity (Wildman–Crippen MR) is 111 cm³/mol. The van der Waals surface area contributed by atoms with E-state index in [1.54, 1.807) is 0 Å². The number of likely N-dealkylation sites (tertiary alicyclic amines) is 1. The maximum atomic E-state index is 10.2. The standard InChI is InChI=1S/C21H28Cl2N2O2/c22-17-3-1-16(2-4-17)14-25-11-9-19(10-12-25)24-13-20(26)15-27-21-7-5-18(23)6-8-21/h1-5,7,19-20,24,26H,6,8-15H2/t20-/m0/s1. The van der Waals surface area contributed by atoms with Crippen LogP contribution in [-0.4, -0.2) is 48.4 Å². The van der Waals surface area contributed by atoms with Crippen LogP contribution in [0.3, 0.4) is 0 Å². The van der Waals surface area contributed by atoms with Gasteiger partial charge in [-0.05, 0) is 62.2 Å². The Morgan fingerprint density at radius 2 is 1.85 bits per heavy atom. The van der Waals surface area contributed by atoms with Crippen molar-refractivity contribution in [1.29, 1.82) is 0 Å². The molecule has 1 fully saturated rings. The monoisotopic (exact) mass is 410 g/mol. The third kappa shape index (κ3) is 7.13. The Morgan fingerprint density at radius 3 is 2.52 bits per heavy atom. The molecule has 1 aromatic carbocycles. The average Bonchev–Trinajstić information content (AvgIpc) is 2.69. The third-order valence-corrected chi connectivity index (χ3v) is 5.64. The van der Waals surface area contributed by atoms with Crippen molar-refractivity contribution in [2.24, 2.45) is 0 Å². The first-order valence-electron chi connectivity index (χ1n) is 9.65. The van der Waals surface area contributed by atoms with Crippen LogP contribution >= 0.6 is 23.2 Å². The quantitative estimate of drug-likeness (QED) is 0.677. The van der Waals surface area contributed by atoms with Gasteiger partial charge in [-0.15, -0.1) is 0 Å². The number of rotatable bonds is 8. The van der Waals surface area contributed by atoms with Gasteiger partial charge in [-0.1, -0.05) is 35.3 Å². The van der Waals surface area contributed by atoms with Crippen LogP contribution in [0.1, 0.15) is 31.2 Å². The van der Waals surface area contributed by atoms with Crippen molar-refractivity contribution in [3.05, 3.63) is 57.8 Å². The van der Waals surface area contributed by atoms with E-state index < -0.39 is 6.10 Å². The molecule has 1 aliphatic heterocycles. The molecule has 1 aliphatic carbocycles. The normalized spacial score (nSPS) is 20.1. The molecule has 0 saturated carbocycles. The molecule has 1 heterocycles. The Kier molecular flexibility index (Phi) is 8.04. The first-order valence-corrected chi connectivity index (χ1v) is 10.4. The number of nitrogens with zero attached hydrogens (tertiary/aromatic N) is 1. The lowest BCUT2D eigenvalue weighted by molar-refractivity contribution is 0.0634. The fourth-order valence-electron chi connectivity index (χ4n) is 3.42. The number of ether oxygens (including phenoxy) is 1. The van der Waals surface area contributed by atoms with E-state index in [1.165, 1.54) is 5.56 Å². The van der Waals surface area contributed by atoms with Crippen molar-refractivity contribution in [2.45, 2.75) is 44.4 Å². The highest BCUT2D eigenvalue weighted by Gasteiger charge is 2.20. The Labute approximate surface area is 171 Å². The molecular weight excluding hydrogens is 383 g/mol. The highest BCUT2D eigenvalue weighted by molar-refractivity contribution is 6.30. The number of benzene rings is 1. The number of nitrogens with one attached hydrogen (secondary N) is 1. The second kappa shape index (κ2) is 10.5. The molecule has 1 saturated heterocycles. The summed E-state index contributed by atoms with van der Waals surface area (Å²) in [5, 5.41) is 15.3. The summed E-state index contributed by atoms with van der Waals surface area (Å²) in [6.45, 7) is 3.97. The molecule has 4 nitrogen and oxygen atoms in total. The number of hydrogen-bond acceptors (Lipinski definition) is 4. The van der Waals surface area contributed by atoms with Crippen LogP contribution in [0.5, 0.6) is 0 Å². The number of allylic oxidation sites excluding steroid dienone is 4. The van der Waals surface area contributed by atoms with Gasteiger partial charge < -0.3 is 15.2 Å². The summed E-state index contributed by atoms with van der Waals surface area (Å²) >= 11 is 11.9. The van der Waals surface area contributed by atoms with Gasteiger partial charge in [0.25, 0.3) is 0 Å². The van der Waals surface area contributed by atoms with Crippen molar-refractivity contribution in [2.75, 3.05) is 26.2 Å². The zero-order chi connectivity index (χ0) is 19.1. The summed E-state index contributed by atoms with van der Waals surface area (Å²) in [6, 6.07) is 8.53. The summed E-state index contributed by atoms with van der Waals surface area (Å²) in [6.07, 6.45) is 7.06. The van der Waals surface area contributed by atoms with Crippen LogP contribution < -0.4 is 5.32 Å². The third-order valence-electron chi connectivity index (χ3n) is 5.07. The minimum atomic E-state index is -0.501. The molecule has 0 amide bonds. The molecular formula is C21H28Cl2N2O2. The second-order valence-corrected chi connectivity index (χ2v) is 8.22. The minimum absolute atomic E-state index is 0.319. The number of aliphatic hydroxyl groups is 1. The lowest BCUT2D eigenvalue weighted by Gasteiger charge is -2.33. The minimum Gasteiger partial charge on any atom is -0.495 e. The first kappa shape index (κ1) is 20.7. The van der Waals surface area contributed by atoms with Gasteiger partial charge in [0.15, 0.2) is 0 Å². The fourth-order valence-corrected chi connectivity index (χ4v) is 3.70. The molecule has 0 unspecified atom stereocenters. The van der Waals surface area contributed by atoms with E-state index in [0.29, 0.717) is 19.2 Å². The van der Waals surface area contributed by atoms with Crippen LogP contribution in [-0.2, 0) is 11.3 Å². The molecule has 0 bridgehead atoms. The van der Waals surface area contributed by atoms with Crippen LogP contribution in [0.25, 0.3) is 0 Å². The predicted octanol–water partition coefficient (Wildman–Crippen LogP) is 4.07. The van der Waals surface area contributed by atoms with E-state index in [4.69, 9.17) is 27.9 Å². The summed E-state index contributed by atoms with van der Waals surface area (Å²) in [4.78, 5) is 2.47. The van der Waals surface area contributed by atoms with Gasteiger partial charge in [-0.25, -0.2) is 0 Å². The van der Waals surface area contributed by atoms with E-state index >= 15 is 0 Å². The second-order valence-electron chi connectivity index (χ2n) is 7.30. The maximum absolute atomic E-state index is 10.2. The zero-order valence-corrected chi connectivity index (χ0v) is 17.1.